The molecule has 1 heterocycles. The summed E-state index contributed by atoms with van der Waals surface area (Å²) in [6, 6.07) is 16.8. The first-order chi connectivity index (χ1) is 13.0. The number of piperazine rings is 1. The topological polar surface area (TPSA) is 35.6 Å². The van der Waals surface area contributed by atoms with E-state index >= 15 is 0 Å². The zero-order valence-corrected chi connectivity index (χ0v) is 16.7. The molecule has 0 aromatic heterocycles. The Labute approximate surface area is 163 Å². The van der Waals surface area contributed by atoms with Gasteiger partial charge in [-0.25, -0.2) is 0 Å². The number of rotatable bonds is 6. The minimum absolute atomic E-state index is 0.0870. The van der Waals surface area contributed by atoms with Crippen LogP contribution in [0.25, 0.3) is 0 Å². The molecule has 1 aliphatic rings. The van der Waals surface area contributed by atoms with Gasteiger partial charge in [-0.15, -0.1) is 0 Å². The van der Waals surface area contributed by atoms with E-state index in [0.29, 0.717) is 6.54 Å². The normalized spacial score (nSPS) is 16.9. The number of aryl methyl sites for hydroxylation is 2. The molecule has 0 radical (unpaired) electrons. The molecule has 144 valence electrons. The third-order valence-electron chi connectivity index (χ3n) is 5.58. The molecule has 1 aliphatic heterocycles. The number of hydrogen-bond acceptors (Lipinski definition) is 3. The Bertz CT molecular complexity index is 748. The highest BCUT2D eigenvalue weighted by molar-refractivity contribution is 5.81. The smallest absolute Gasteiger partial charge is 0.237 e. The van der Waals surface area contributed by atoms with E-state index in [0.717, 1.165) is 38.3 Å². The monoisotopic (exact) mass is 365 g/mol. The standard InChI is InChI=1S/C23H31N3O/c1-18-8-10-21(11-9-18)16-24-23(27)20(3)26-14-12-25(13-15-26)17-22-7-5-4-6-19(22)2/h4-11,20H,12-17H2,1-3H3,(H,24,27). The molecule has 4 heteroatoms. The Hall–Kier alpha value is -2.17. The summed E-state index contributed by atoms with van der Waals surface area (Å²) in [7, 11) is 0. The van der Waals surface area contributed by atoms with Gasteiger partial charge in [0.05, 0.1) is 6.04 Å². The van der Waals surface area contributed by atoms with Crippen molar-refractivity contribution in [2.75, 3.05) is 26.2 Å². The largest absolute Gasteiger partial charge is 0.351 e. The summed E-state index contributed by atoms with van der Waals surface area (Å²) in [6.07, 6.45) is 0. The zero-order chi connectivity index (χ0) is 19.2. The molecule has 1 saturated heterocycles. The summed E-state index contributed by atoms with van der Waals surface area (Å²) in [5, 5.41) is 3.08. The summed E-state index contributed by atoms with van der Waals surface area (Å²) in [6.45, 7) is 11.7. The van der Waals surface area contributed by atoms with Crippen LogP contribution in [0.3, 0.4) is 0 Å². The Balaban J connectivity index is 1.44. The molecule has 3 rings (SSSR count). The fourth-order valence-corrected chi connectivity index (χ4v) is 3.55. The van der Waals surface area contributed by atoms with E-state index in [2.05, 4.69) is 77.5 Å². The van der Waals surface area contributed by atoms with Crippen LogP contribution in [0.15, 0.2) is 48.5 Å². The summed E-state index contributed by atoms with van der Waals surface area (Å²) < 4.78 is 0. The molecule has 1 amide bonds. The number of carbonyl (C=O) groups excluding carboxylic acids is 1. The van der Waals surface area contributed by atoms with Gasteiger partial charge in [0.1, 0.15) is 0 Å². The minimum Gasteiger partial charge on any atom is -0.351 e. The van der Waals surface area contributed by atoms with Gasteiger partial charge >= 0.3 is 0 Å². The van der Waals surface area contributed by atoms with Gasteiger partial charge in [-0.05, 0) is 37.5 Å². The van der Waals surface area contributed by atoms with Gasteiger partial charge in [-0.1, -0.05) is 54.1 Å². The molecule has 0 saturated carbocycles. The second kappa shape index (κ2) is 9.16. The maximum atomic E-state index is 12.5. The molecule has 2 aromatic carbocycles. The summed E-state index contributed by atoms with van der Waals surface area (Å²) in [5.74, 6) is 0.114. The molecule has 1 N–H and O–H groups in total. The van der Waals surface area contributed by atoms with Crippen molar-refractivity contribution in [2.45, 2.75) is 39.9 Å². The van der Waals surface area contributed by atoms with E-state index in [1.165, 1.54) is 16.7 Å². The Morgan fingerprint density at radius 1 is 1.00 bits per heavy atom. The second-order valence-electron chi connectivity index (χ2n) is 7.62. The first-order valence-corrected chi connectivity index (χ1v) is 9.87. The Morgan fingerprint density at radius 3 is 2.33 bits per heavy atom. The van der Waals surface area contributed by atoms with Crippen molar-refractivity contribution in [3.63, 3.8) is 0 Å². The van der Waals surface area contributed by atoms with Gasteiger partial charge in [0.15, 0.2) is 0 Å². The van der Waals surface area contributed by atoms with Crippen LogP contribution in [0.4, 0.5) is 0 Å². The Kier molecular flexibility index (Phi) is 6.64. The summed E-state index contributed by atoms with van der Waals surface area (Å²) in [5.41, 5.74) is 5.13. The van der Waals surface area contributed by atoms with E-state index in [4.69, 9.17) is 0 Å². The van der Waals surface area contributed by atoms with Crippen LogP contribution in [0.2, 0.25) is 0 Å². The lowest BCUT2D eigenvalue weighted by molar-refractivity contribution is -0.126. The molecule has 27 heavy (non-hydrogen) atoms. The van der Waals surface area contributed by atoms with Gasteiger partial charge in [-0.2, -0.15) is 0 Å². The molecular weight excluding hydrogens is 334 g/mol. The highest BCUT2D eigenvalue weighted by Crippen LogP contribution is 2.14. The van der Waals surface area contributed by atoms with Crippen LogP contribution < -0.4 is 5.32 Å². The van der Waals surface area contributed by atoms with Gasteiger partial charge < -0.3 is 5.32 Å². The number of hydrogen-bond donors (Lipinski definition) is 1. The predicted molar refractivity (Wildman–Crippen MR) is 111 cm³/mol. The second-order valence-corrected chi connectivity index (χ2v) is 7.62. The van der Waals surface area contributed by atoms with Gasteiger partial charge in [0.25, 0.3) is 0 Å². The van der Waals surface area contributed by atoms with Crippen LogP contribution in [0.5, 0.6) is 0 Å². The number of nitrogens with zero attached hydrogens (tertiary/aromatic N) is 2. The molecule has 0 spiro atoms. The molecule has 1 unspecified atom stereocenters. The summed E-state index contributed by atoms with van der Waals surface area (Å²) in [4.78, 5) is 17.3. The van der Waals surface area contributed by atoms with Crippen LogP contribution in [-0.4, -0.2) is 47.9 Å². The van der Waals surface area contributed by atoms with Crippen LogP contribution in [-0.2, 0) is 17.9 Å². The highest BCUT2D eigenvalue weighted by atomic mass is 16.2. The van der Waals surface area contributed by atoms with Crippen molar-refractivity contribution in [3.05, 3.63) is 70.8 Å². The van der Waals surface area contributed by atoms with Crippen LogP contribution in [0, 0.1) is 13.8 Å². The number of nitrogens with one attached hydrogen (secondary N) is 1. The zero-order valence-electron chi connectivity index (χ0n) is 16.7. The summed E-state index contributed by atoms with van der Waals surface area (Å²) >= 11 is 0. The molecule has 4 nitrogen and oxygen atoms in total. The lowest BCUT2D eigenvalue weighted by Crippen LogP contribution is -2.53. The van der Waals surface area contributed by atoms with Crippen molar-refractivity contribution in [1.82, 2.24) is 15.1 Å². The van der Waals surface area contributed by atoms with E-state index in [-0.39, 0.29) is 11.9 Å². The lowest BCUT2D eigenvalue weighted by atomic mass is 10.1. The van der Waals surface area contributed by atoms with Crippen LogP contribution in [0.1, 0.15) is 29.2 Å². The molecule has 1 atom stereocenters. The van der Waals surface area contributed by atoms with E-state index in [1.54, 1.807) is 0 Å². The lowest BCUT2D eigenvalue weighted by Gasteiger charge is -2.37. The van der Waals surface area contributed by atoms with Gasteiger partial charge in [0.2, 0.25) is 5.91 Å². The maximum absolute atomic E-state index is 12.5. The van der Waals surface area contributed by atoms with Crippen molar-refractivity contribution in [2.24, 2.45) is 0 Å². The fraction of sp³-hybridized carbons (Fsp3) is 0.435. The maximum Gasteiger partial charge on any atom is 0.237 e. The van der Waals surface area contributed by atoms with E-state index in [1.807, 2.05) is 6.92 Å². The Morgan fingerprint density at radius 2 is 1.67 bits per heavy atom. The van der Waals surface area contributed by atoms with Gasteiger partial charge in [-0.3, -0.25) is 14.6 Å². The van der Waals surface area contributed by atoms with E-state index in [9.17, 15) is 4.79 Å². The van der Waals surface area contributed by atoms with E-state index < -0.39 is 0 Å². The number of benzene rings is 2. The van der Waals surface area contributed by atoms with Crippen LogP contribution >= 0.6 is 0 Å². The number of carbonyl (C=O) groups is 1. The minimum atomic E-state index is -0.0870. The molecule has 1 fully saturated rings. The molecule has 0 aliphatic carbocycles. The first-order valence-electron chi connectivity index (χ1n) is 9.87. The van der Waals surface area contributed by atoms with Crippen molar-refractivity contribution < 1.29 is 4.79 Å². The van der Waals surface area contributed by atoms with Crippen molar-refractivity contribution in [1.29, 1.82) is 0 Å². The number of amides is 1. The third-order valence-corrected chi connectivity index (χ3v) is 5.58. The quantitative estimate of drug-likeness (QED) is 0.854. The fourth-order valence-electron chi connectivity index (χ4n) is 3.55. The molecular formula is C23H31N3O. The molecule has 2 aromatic rings. The third kappa shape index (κ3) is 5.41. The predicted octanol–water partition coefficient (Wildman–Crippen LogP) is 3.13. The molecule has 0 bridgehead atoms. The highest BCUT2D eigenvalue weighted by Gasteiger charge is 2.25. The average Bonchev–Trinajstić information content (AvgIpc) is 2.69. The SMILES string of the molecule is Cc1ccc(CNC(=O)C(C)N2CCN(Cc3ccccc3C)CC2)cc1. The average molecular weight is 366 g/mol. The van der Waals surface area contributed by atoms with Crippen molar-refractivity contribution in [3.8, 4) is 0 Å². The van der Waals surface area contributed by atoms with Gasteiger partial charge in [0, 0.05) is 39.3 Å². The first kappa shape index (κ1) is 19.6. The van der Waals surface area contributed by atoms with Crippen molar-refractivity contribution >= 4 is 5.91 Å².